The van der Waals surface area contributed by atoms with Gasteiger partial charge >= 0.3 is 0 Å². The third-order valence-electron chi connectivity index (χ3n) is 2.44. The molecule has 0 atom stereocenters. The van der Waals surface area contributed by atoms with E-state index in [0.29, 0.717) is 6.04 Å². The van der Waals surface area contributed by atoms with Crippen LogP contribution in [0.1, 0.15) is 10.4 Å². The molecule has 0 saturated carbocycles. The van der Waals surface area contributed by atoms with Crippen LogP contribution in [0.25, 0.3) is 0 Å². The number of hydrogen-bond acceptors (Lipinski definition) is 3. The zero-order valence-electron chi connectivity index (χ0n) is 8.20. The molecule has 0 aromatic carbocycles. The Morgan fingerprint density at radius 1 is 1.67 bits per heavy atom. The number of halogens is 2. The van der Waals surface area contributed by atoms with Crippen LogP contribution in [-0.4, -0.2) is 37.0 Å². The van der Waals surface area contributed by atoms with Gasteiger partial charge in [-0.3, -0.25) is 4.79 Å². The van der Waals surface area contributed by atoms with E-state index >= 15 is 0 Å². The van der Waals surface area contributed by atoms with Crippen LogP contribution in [0.4, 0.5) is 0 Å². The van der Waals surface area contributed by atoms with Crippen LogP contribution in [0.2, 0.25) is 0 Å². The van der Waals surface area contributed by atoms with E-state index in [2.05, 4.69) is 27.9 Å². The van der Waals surface area contributed by atoms with Crippen LogP contribution in [0.15, 0.2) is 11.4 Å². The SMILES string of the molecule is CN(C(=O)c1csc(I)c1)C1CNC1.Cl. The van der Waals surface area contributed by atoms with Gasteiger partial charge in [0.15, 0.2) is 0 Å². The molecule has 0 unspecified atom stereocenters. The fourth-order valence-corrected chi connectivity index (χ4v) is 2.66. The van der Waals surface area contributed by atoms with E-state index in [1.165, 1.54) is 0 Å². The number of rotatable bonds is 2. The van der Waals surface area contributed by atoms with Gasteiger partial charge in [-0.1, -0.05) is 0 Å². The lowest BCUT2D eigenvalue weighted by molar-refractivity contribution is 0.0681. The molecular weight excluding hydrogens is 347 g/mol. The summed E-state index contributed by atoms with van der Waals surface area (Å²) in [5.41, 5.74) is 0.814. The second-order valence-corrected chi connectivity index (χ2v) is 6.17. The number of thiophene rings is 1. The standard InChI is InChI=1S/C9H11IN2OS.ClH/c1-12(7-3-11-4-7)9(13)6-2-8(10)14-5-6;/h2,5,7,11H,3-4H2,1H3;1H. The molecule has 0 bridgehead atoms. The van der Waals surface area contributed by atoms with Gasteiger partial charge in [0.1, 0.15) is 0 Å². The summed E-state index contributed by atoms with van der Waals surface area (Å²) in [4.78, 5) is 13.7. The Morgan fingerprint density at radius 2 is 2.33 bits per heavy atom. The molecule has 1 saturated heterocycles. The minimum Gasteiger partial charge on any atom is -0.336 e. The van der Waals surface area contributed by atoms with Gasteiger partial charge in [-0.2, -0.15) is 0 Å². The number of nitrogens with one attached hydrogen (secondary N) is 1. The maximum Gasteiger partial charge on any atom is 0.254 e. The largest absolute Gasteiger partial charge is 0.336 e. The fraction of sp³-hybridized carbons (Fsp3) is 0.444. The minimum atomic E-state index is 0. The molecule has 1 N–H and O–H groups in total. The van der Waals surface area contributed by atoms with Crippen molar-refractivity contribution < 1.29 is 4.79 Å². The van der Waals surface area contributed by atoms with Crippen molar-refractivity contribution in [2.75, 3.05) is 20.1 Å². The summed E-state index contributed by atoms with van der Waals surface area (Å²) in [6.45, 7) is 1.84. The highest BCUT2D eigenvalue weighted by molar-refractivity contribution is 14.1. The average molecular weight is 359 g/mol. The van der Waals surface area contributed by atoms with Crippen LogP contribution in [0.5, 0.6) is 0 Å². The lowest BCUT2D eigenvalue weighted by atomic mass is 10.1. The highest BCUT2D eigenvalue weighted by Gasteiger charge is 2.26. The van der Waals surface area contributed by atoms with E-state index in [1.807, 2.05) is 23.4 Å². The predicted octanol–water partition coefficient (Wildman–Crippen LogP) is 1.82. The molecular formula is C9H12ClIN2OS. The zero-order chi connectivity index (χ0) is 10.1. The molecule has 0 radical (unpaired) electrons. The number of hydrogen-bond donors (Lipinski definition) is 1. The highest BCUT2D eigenvalue weighted by Crippen LogP contribution is 2.18. The molecule has 0 spiro atoms. The third kappa shape index (κ3) is 2.83. The van der Waals surface area contributed by atoms with Crippen molar-refractivity contribution in [2.45, 2.75) is 6.04 Å². The number of carbonyl (C=O) groups is 1. The Hall–Kier alpha value is 0.150. The summed E-state index contributed by atoms with van der Waals surface area (Å²) in [6, 6.07) is 2.32. The first-order valence-corrected chi connectivity index (χ1v) is 6.36. The number of carbonyl (C=O) groups excluding carboxylic acids is 1. The first-order chi connectivity index (χ1) is 6.68. The maximum atomic E-state index is 11.9. The molecule has 1 fully saturated rings. The molecule has 1 amide bonds. The van der Waals surface area contributed by atoms with Crippen molar-refractivity contribution in [1.82, 2.24) is 10.2 Å². The van der Waals surface area contributed by atoms with Crippen LogP contribution in [-0.2, 0) is 0 Å². The molecule has 15 heavy (non-hydrogen) atoms. The van der Waals surface area contributed by atoms with Crippen molar-refractivity contribution >= 4 is 52.2 Å². The molecule has 1 aliphatic rings. The molecule has 3 nitrogen and oxygen atoms in total. The molecule has 2 rings (SSSR count). The zero-order valence-corrected chi connectivity index (χ0v) is 12.0. The van der Waals surface area contributed by atoms with Gasteiger partial charge in [0.25, 0.3) is 5.91 Å². The van der Waals surface area contributed by atoms with E-state index < -0.39 is 0 Å². The summed E-state index contributed by atoms with van der Waals surface area (Å²) >= 11 is 3.84. The van der Waals surface area contributed by atoms with E-state index in [-0.39, 0.29) is 18.3 Å². The Balaban J connectivity index is 0.00000112. The topological polar surface area (TPSA) is 32.3 Å². The first-order valence-electron chi connectivity index (χ1n) is 4.40. The summed E-state index contributed by atoms with van der Waals surface area (Å²) < 4.78 is 1.16. The van der Waals surface area contributed by atoms with E-state index in [4.69, 9.17) is 0 Å². The third-order valence-corrected chi connectivity index (χ3v) is 4.23. The van der Waals surface area contributed by atoms with Crippen molar-refractivity contribution in [3.05, 3.63) is 19.9 Å². The van der Waals surface area contributed by atoms with Crippen molar-refractivity contribution in [3.8, 4) is 0 Å². The lowest BCUT2D eigenvalue weighted by Crippen LogP contribution is -2.57. The van der Waals surface area contributed by atoms with Gasteiger partial charge in [-0.25, -0.2) is 0 Å². The monoisotopic (exact) mass is 358 g/mol. The summed E-state index contributed by atoms with van der Waals surface area (Å²) in [5.74, 6) is 0.135. The second-order valence-electron chi connectivity index (χ2n) is 3.37. The Labute approximate surface area is 113 Å². The van der Waals surface area contributed by atoms with Gasteiger partial charge in [-0.15, -0.1) is 23.7 Å². The van der Waals surface area contributed by atoms with Crippen LogP contribution in [0.3, 0.4) is 0 Å². The molecule has 1 aromatic rings. The van der Waals surface area contributed by atoms with Gasteiger partial charge in [-0.05, 0) is 28.7 Å². The van der Waals surface area contributed by atoms with E-state index in [9.17, 15) is 4.79 Å². The van der Waals surface area contributed by atoms with E-state index in [1.54, 1.807) is 11.3 Å². The van der Waals surface area contributed by atoms with Crippen molar-refractivity contribution in [3.63, 3.8) is 0 Å². The lowest BCUT2D eigenvalue weighted by Gasteiger charge is -2.35. The van der Waals surface area contributed by atoms with Crippen molar-refractivity contribution in [1.29, 1.82) is 0 Å². The summed E-state index contributed by atoms with van der Waals surface area (Å²) in [6.07, 6.45) is 0. The molecule has 1 aromatic heterocycles. The normalized spacial score (nSPS) is 15.3. The maximum absolute atomic E-state index is 11.9. The Kier molecular flexibility index (Phi) is 4.82. The second kappa shape index (κ2) is 5.47. The van der Waals surface area contributed by atoms with Gasteiger partial charge in [0, 0.05) is 25.5 Å². The van der Waals surface area contributed by atoms with Gasteiger partial charge in [0.05, 0.1) is 14.5 Å². The van der Waals surface area contributed by atoms with Gasteiger partial charge < -0.3 is 10.2 Å². The van der Waals surface area contributed by atoms with Crippen LogP contribution < -0.4 is 5.32 Å². The molecule has 1 aliphatic heterocycles. The average Bonchev–Trinajstić information content (AvgIpc) is 2.47. The summed E-state index contributed by atoms with van der Waals surface area (Å²) in [7, 11) is 1.87. The van der Waals surface area contributed by atoms with Gasteiger partial charge in [0.2, 0.25) is 0 Å². The first kappa shape index (κ1) is 13.2. The molecule has 84 valence electrons. The van der Waals surface area contributed by atoms with Crippen molar-refractivity contribution in [2.24, 2.45) is 0 Å². The Morgan fingerprint density at radius 3 is 2.73 bits per heavy atom. The summed E-state index contributed by atoms with van der Waals surface area (Å²) in [5, 5.41) is 5.08. The predicted molar refractivity (Wildman–Crippen MR) is 73.0 cm³/mol. The molecule has 6 heteroatoms. The minimum absolute atomic E-state index is 0. The highest BCUT2D eigenvalue weighted by atomic mass is 127. The number of nitrogens with zero attached hydrogens (tertiary/aromatic N) is 1. The Bertz CT molecular complexity index is 354. The smallest absolute Gasteiger partial charge is 0.254 e. The van der Waals surface area contributed by atoms with E-state index in [0.717, 1.165) is 21.5 Å². The number of likely N-dealkylation sites (N-methyl/N-ethyl adjacent to an activating group) is 1. The molecule has 2 heterocycles. The quantitative estimate of drug-likeness (QED) is 0.818. The molecule has 0 aliphatic carbocycles. The fourth-order valence-electron chi connectivity index (χ4n) is 1.34. The number of amides is 1. The van der Waals surface area contributed by atoms with Crippen LogP contribution >= 0.6 is 46.3 Å². The van der Waals surface area contributed by atoms with Crippen LogP contribution in [0, 0.1) is 2.88 Å².